The van der Waals surface area contributed by atoms with Gasteiger partial charge in [-0.15, -0.1) is 0 Å². The van der Waals surface area contributed by atoms with E-state index in [0.717, 1.165) is 25.2 Å². The smallest absolute Gasteiger partial charge is 0.248 e. The number of benzene rings is 1. The minimum absolute atomic E-state index is 0.369. The van der Waals surface area contributed by atoms with Crippen molar-refractivity contribution in [2.75, 3.05) is 6.54 Å². The molecule has 1 aromatic carbocycles. The maximum absolute atomic E-state index is 11.1. The van der Waals surface area contributed by atoms with Crippen molar-refractivity contribution in [3.8, 4) is 0 Å². The van der Waals surface area contributed by atoms with Crippen LogP contribution in [0.4, 0.5) is 0 Å². The maximum Gasteiger partial charge on any atom is 0.248 e. The minimum atomic E-state index is -0.369. The molecule has 0 radical (unpaired) electrons. The minimum Gasteiger partial charge on any atom is -0.366 e. The zero-order valence-corrected chi connectivity index (χ0v) is 8.86. The van der Waals surface area contributed by atoms with Gasteiger partial charge in [0.05, 0.1) is 0 Å². The van der Waals surface area contributed by atoms with Gasteiger partial charge in [-0.1, -0.05) is 6.07 Å². The number of nitrogens with zero attached hydrogens (tertiary/aromatic N) is 1. The Morgan fingerprint density at radius 3 is 3.06 bits per heavy atom. The van der Waals surface area contributed by atoms with Gasteiger partial charge in [0.1, 0.15) is 0 Å². The number of aromatic nitrogens is 1. The second-order valence-corrected chi connectivity index (χ2v) is 4.10. The number of amides is 1. The van der Waals surface area contributed by atoms with Crippen LogP contribution < -0.4 is 11.1 Å². The lowest BCUT2D eigenvalue weighted by Crippen LogP contribution is -2.27. The first-order valence-electron chi connectivity index (χ1n) is 5.38. The molecule has 1 amide bonds. The highest BCUT2D eigenvalue weighted by molar-refractivity contribution is 5.97. The van der Waals surface area contributed by atoms with Crippen molar-refractivity contribution in [3.05, 3.63) is 35.5 Å². The summed E-state index contributed by atoms with van der Waals surface area (Å²) >= 11 is 0. The van der Waals surface area contributed by atoms with E-state index in [9.17, 15) is 4.79 Å². The molecule has 1 aliphatic heterocycles. The molecular formula is C12H13N3O. The molecule has 4 heteroatoms. The molecular weight excluding hydrogens is 202 g/mol. The number of hydrogen-bond acceptors (Lipinski definition) is 2. The van der Waals surface area contributed by atoms with Gasteiger partial charge in [0.15, 0.2) is 0 Å². The zero-order valence-electron chi connectivity index (χ0n) is 8.86. The van der Waals surface area contributed by atoms with Crippen molar-refractivity contribution in [3.63, 3.8) is 0 Å². The second kappa shape index (κ2) is 3.35. The van der Waals surface area contributed by atoms with Crippen molar-refractivity contribution in [1.29, 1.82) is 0 Å². The highest BCUT2D eigenvalue weighted by Gasteiger charge is 2.13. The molecule has 1 aromatic heterocycles. The Hall–Kier alpha value is -1.81. The fourth-order valence-corrected chi connectivity index (χ4v) is 2.28. The Kier molecular flexibility index (Phi) is 1.97. The average Bonchev–Trinajstić information content (AvgIpc) is 2.66. The first-order chi connectivity index (χ1) is 7.75. The van der Waals surface area contributed by atoms with Crippen LogP contribution in [-0.4, -0.2) is 17.0 Å². The van der Waals surface area contributed by atoms with Crippen LogP contribution in [0.5, 0.6) is 0 Å². The van der Waals surface area contributed by atoms with Crippen LogP contribution in [0, 0.1) is 0 Å². The molecule has 0 saturated heterocycles. The number of carbonyl (C=O) groups excluding carboxylic acids is 1. The van der Waals surface area contributed by atoms with E-state index in [1.54, 1.807) is 6.07 Å². The molecule has 3 N–H and O–H groups in total. The quantitative estimate of drug-likeness (QED) is 0.740. The molecule has 2 aromatic rings. The van der Waals surface area contributed by atoms with Crippen molar-refractivity contribution < 1.29 is 4.79 Å². The van der Waals surface area contributed by atoms with Crippen molar-refractivity contribution >= 4 is 16.8 Å². The molecule has 2 heterocycles. The highest BCUT2D eigenvalue weighted by atomic mass is 16.1. The Morgan fingerprint density at radius 2 is 2.25 bits per heavy atom. The molecule has 3 rings (SSSR count). The number of primary amides is 1. The lowest BCUT2D eigenvalue weighted by Gasteiger charge is -2.17. The van der Waals surface area contributed by atoms with E-state index in [2.05, 4.69) is 16.0 Å². The van der Waals surface area contributed by atoms with Crippen LogP contribution in [-0.2, 0) is 13.1 Å². The molecule has 0 fully saturated rings. The normalized spacial score (nSPS) is 15.0. The van der Waals surface area contributed by atoms with E-state index in [1.165, 1.54) is 11.1 Å². The summed E-state index contributed by atoms with van der Waals surface area (Å²) in [7, 11) is 0. The summed E-state index contributed by atoms with van der Waals surface area (Å²) in [6, 6.07) is 7.78. The van der Waals surface area contributed by atoms with Crippen LogP contribution in [0.15, 0.2) is 24.3 Å². The third kappa shape index (κ3) is 1.31. The van der Waals surface area contributed by atoms with Gasteiger partial charge in [-0.2, -0.15) is 0 Å². The molecule has 82 valence electrons. The summed E-state index contributed by atoms with van der Waals surface area (Å²) in [5, 5.41) is 4.50. The Morgan fingerprint density at radius 1 is 1.38 bits per heavy atom. The van der Waals surface area contributed by atoms with Gasteiger partial charge in [-0.3, -0.25) is 4.79 Å². The number of hydrogen-bond donors (Lipinski definition) is 2. The van der Waals surface area contributed by atoms with Crippen molar-refractivity contribution in [1.82, 2.24) is 9.88 Å². The van der Waals surface area contributed by atoms with E-state index in [-0.39, 0.29) is 5.91 Å². The van der Waals surface area contributed by atoms with E-state index >= 15 is 0 Å². The summed E-state index contributed by atoms with van der Waals surface area (Å²) in [5.74, 6) is -0.369. The topological polar surface area (TPSA) is 60.1 Å². The Bertz CT molecular complexity index is 571. The van der Waals surface area contributed by atoms with Gasteiger partial charge in [0.2, 0.25) is 5.91 Å². The molecule has 0 aliphatic carbocycles. The summed E-state index contributed by atoms with van der Waals surface area (Å²) in [4.78, 5) is 11.1. The molecule has 0 saturated carbocycles. The molecule has 1 aliphatic rings. The molecule has 0 unspecified atom stereocenters. The molecule has 4 nitrogen and oxygen atoms in total. The highest BCUT2D eigenvalue weighted by Crippen LogP contribution is 2.22. The Balaban J connectivity index is 2.25. The van der Waals surface area contributed by atoms with Crippen LogP contribution in [0.1, 0.15) is 16.1 Å². The second-order valence-electron chi connectivity index (χ2n) is 4.10. The number of nitrogens with one attached hydrogen (secondary N) is 1. The zero-order chi connectivity index (χ0) is 11.1. The fourth-order valence-electron chi connectivity index (χ4n) is 2.28. The van der Waals surface area contributed by atoms with Gasteiger partial charge >= 0.3 is 0 Å². The predicted octanol–water partition coefficient (Wildman–Crippen LogP) is 0.843. The molecule has 0 bridgehead atoms. The predicted molar refractivity (Wildman–Crippen MR) is 62.2 cm³/mol. The van der Waals surface area contributed by atoms with Gasteiger partial charge < -0.3 is 15.6 Å². The summed E-state index contributed by atoms with van der Waals surface area (Å²) in [6.07, 6.45) is 0. The Labute approximate surface area is 93.0 Å². The van der Waals surface area contributed by atoms with E-state index in [1.807, 2.05) is 12.1 Å². The third-order valence-corrected chi connectivity index (χ3v) is 3.09. The van der Waals surface area contributed by atoms with Gasteiger partial charge in [0.25, 0.3) is 0 Å². The standard InChI is InChI=1S/C12H13N3O/c13-12(16)9-2-1-8-5-10-7-14-3-4-15(10)11(8)6-9/h1-2,5-6,14H,3-4,7H2,(H2,13,16). The van der Waals surface area contributed by atoms with Crippen LogP contribution in [0.2, 0.25) is 0 Å². The largest absolute Gasteiger partial charge is 0.366 e. The fraction of sp³-hybridized carbons (Fsp3) is 0.250. The van der Waals surface area contributed by atoms with E-state index in [0.29, 0.717) is 5.56 Å². The van der Waals surface area contributed by atoms with Crippen molar-refractivity contribution in [2.45, 2.75) is 13.1 Å². The average molecular weight is 215 g/mol. The monoisotopic (exact) mass is 215 g/mol. The van der Waals surface area contributed by atoms with Gasteiger partial charge in [-0.25, -0.2) is 0 Å². The SMILES string of the molecule is NC(=O)c1ccc2cc3n(c2c1)CCNC3. The number of rotatable bonds is 1. The molecule has 0 atom stereocenters. The first kappa shape index (κ1) is 9.42. The number of nitrogens with two attached hydrogens (primary N) is 1. The third-order valence-electron chi connectivity index (χ3n) is 3.09. The summed E-state index contributed by atoms with van der Waals surface area (Å²) < 4.78 is 2.25. The van der Waals surface area contributed by atoms with E-state index in [4.69, 9.17) is 5.73 Å². The maximum atomic E-state index is 11.1. The van der Waals surface area contributed by atoms with Crippen LogP contribution in [0.25, 0.3) is 10.9 Å². The lowest BCUT2D eigenvalue weighted by atomic mass is 10.1. The molecule has 16 heavy (non-hydrogen) atoms. The van der Waals surface area contributed by atoms with Crippen LogP contribution in [0.3, 0.4) is 0 Å². The number of carbonyl (C=O) groups is 1. The summed E-state index contributed by atoms with van der Waals surface area (Å²) in [5.41, 5.74) is 8.24. The lowest BCUT2D eigenvalue weighted by molar-refractivity contribution is 0.100. The number of fused-ring (bicyclic) bond motifs is 3. The first-order valence-corrected chi connectivity index (χ1v) is 5.38. The van der Waals surface area contributed by atoms with E-state index < -0.39 is 0 Å². The van der Waals surface area contributed by atoms with Crippen molar-refractivity contribution in [2.24, 2.45) is 5.73 Å². The molecule has 0 spiro atoms. The van der Waals surface area contributed by atoms with Gasteiger partial charge in [-0.05, 0) is 23.6 Å². The van der Waals surface area contributed by atoms with Crippen LogP contribution >= 0.6 is 0 Å². The van der Waals surface area contributed by atoms with Gasteiger partial charge in [0, 0.05) is 36.4 Å². The summed E-state index contributed by atoms with van der Waals surface area (Å²) in [6.45, 7) is 2.80.